The second-order valence-corrected chi connectivity index (χ2v) is 6.41. The number of ketones is 1. The number of Topliss-reactive ketones (excluding diaryl/α,β-unsaturated/α-hetero) is 1. The van der Waals surface area contributed by atoms with Crippen molar-refractivity contribution in [3.05, 3.63) is 0 Å². The molecule has 5 nitrogen and oxygen atoms in total. The smallest absolute Gasteiger partial charge is 0.410 e. The Morgan fingerprint density at radius 2 is 2.00 bits per heavy atom. The number of fused-ring (bicyclic) bond motifs is 1. The summed E-state index contributed by atoms with van der Waals surface area (Å²) in [6.45, 7) is 7.86. The van der Waals surface area contributed by atoms with Crippen molar-refractivity contribution in [3.8, 4) is 0 Å². The van der Waals surface area contributed by atoms with Gasteiger partial charge in [-0.2, -0.15) is 0 Å². The Hall–Kier alpha value is -1.10. The van der Waals surface area contributed by atoms with E-state index >= 15 is 0 Å². The van der Waals surface area contributed by atoms with E-state index < -0.39 is 11.6 Å². The third-order valence-corrected chi connectivity index (χ3v) is 3.70. The minimum atomic E-state index is -0.495. The van der Waals surface area contributed by atoms with E-state index in [0.717, 1.165) is 6.42 Å². The number of hydrogen-bond acceptors (Lipinski definition) is 4. The van der Waals surface area contributed by atoms with Gasteiger partial charge in [-0.05, 0) is 40.0 Å². The van der Waals surface area contributed by atoms with Gasteiger partial charge in [0.2, 0.25) is 0 Å². The van der Waals surface area contributed by atoms with Crippen molar-refractivity contribution < 1.29 is 14.3 Å². The van der Waals surface area contributed by atoms with Crippen molar-refractivity contribution in [1.29, 1.82) is 0 Å². The van der Waals surface area contributed by atoms with E-state index in [1.165, 1.54) is 0 Å². The van der Waals surface area contributed by atoms with Crippen molar-refractivity contribution in [2.75, 3.05) is 6.54 Å². The van der Waals surface area contributed by atoms with E-state index in [9.17, 15) is 9.59 Å². The lowest BCUT2D eigenvalue weighted by Gasteiger charge is -2.36. The first-order valence-corrected chi connectivity index (χ1v) is 6.49. The van der Waals surface area contributed by atoms with Gasteiger partial charge in [0, 0.05) is 18.5 Å². The Labute approximate surface area is 108 Å². The number of nitrogens with two attached hydrogens (primary N) is 1. The van der Waals surface area contributed by atoms with Crippen molar-refractivity contribution in [3.63, 3.8) is 0 Å². The van der Waals surface area contributed by atoms with Crippen molar-refractivity contribution >= 4 is 11.9 Å². The molecule has 1 amide bonds. The minimum Gasteiger partial charge on any atom is -0.444 e. The lowest BCUT2D eigenvalue weighted by Crippen LogP contribution is -2.50. The fourth-order valence-electron chi connectivity index (χ4n) is 2.87. The topological polar surface area (TPSA) is 72.6 Å². The maximum Gasteiger partial charge on any atom is 0.410 e. The zero-order valence-electron chi connectivity index (χ0n) is 11.5. The molecule has 0 aromatic heterocycles. The van der Waals surface area contributed by atoms with Crippen LogP contribution in [-0.4, -0.2) is 41.0 Å². The molecule has 0 aromatic carbocycles. The first-order chi connectivity index (χ1) is 8.20. The molecule has 3 aliphatic rings. The van der Waals surface area contributed by atoms with Gasteiger partial charge in [-0.3, -0.25) is 4.79 Å². The van der Waals surface area contributed by atoms with Crippen LogP contribution in [0, 0.1) is 11.8 Å². The quantitative estimate of drug-likeness (QED) is 0.802. The highest BCUT2D eigenvalue weighted by Gasteiger charge is 2.57. The largest absolute Gasteiger partial charge is 0.444 e. The lowest BCUT2D eigenvalue weighted by molar-refractivity contribution is -0.128. The Bertz CT molecular complexity index is 373. The normalized spacial score (nSPS) is 31.8. The molecule has 2 aliphatic heterocycles. The summed E-state index contributed by atoms with van der Waals surface area (Å²) in [4.78, 5) is 25.6. The van der Waals surface area contributed by atoms with Gasteiger partial charge in [-0.25, -0.2) is 4.79 Å². The van der Waals surface area contributed by atoms with Crippen LogP contribution in [-0.2, 0) is 9.53 Å². The molecule has 0 spiro atoms. The highest BCUT2D eigenvalue weighted by atomic mass is 16.6. The molecule has 102 valence electrons. The van der Waals surface area contributed by atoms with E-state index in [2.05, 4.69) is 0 Å². The van der Waals surface area contributed by atoms with Crippen LogP contribution in [0.3, 0.4) is 0 Å². The summed E-state index contributed by atoms with van der Waals surface area (Å²) in [5.74, 6) is 0.279. The van der Waals surface area contributed by atoms with E-state index in [0.29, 0.717) is 6.54 Å². The number of amides is 1. The van der Waals surface area contributed by atoms with E-state index in [1.54, 1.807) is 11.8 Å². The van der Waals surface area contributed by atoms with Crippen LogP contribution in [0.1, 0.15) is 34.1 Å². The van der Waals surface area contributed by atoms with E-state index in [1.807, 2.05) is 20.8 Å². The minimum absolute atomic E-state index is 0.00310. The maximum atomic E-state index is 12.0. The van der Waals surface area contributed by atoms with Gasteiger partial charge in [0.1, 0.15) is 5.60 Å². The predicted octanol–water partition coefficient (Wildman–Crippen LogP) is 1.16. The van der Waals surface area contributed by atoms with Crippen LogP contribution in [0.15, 0.2) is 0 Å². The van der Waals surface area contributed by atoms with E-state index in [-0.39, 0.29) is 29.8 Å². The van der Waals surface area contributed by atoms with E-state index in [4.69, 9.17) is 10.5 Å². The molecular weight excluding hydrogens is 232 g/mol. The molecule has 4 atom stereocenters. The Kier molecular flexibility index (Phi) is 3.13. The molecule has 1 saturated carbocycles. The fraction of sp³-hybridized carbons (Fsp3) is 0.846. The van der Waals surface area contributed by atoms with Crippen molar-refractivity contribution in [2.45, 2.75) is 51.8 Å². The van der Waals surface area contributed by atoms with Crippen molar-refractivity contribution in [1.82, 2.24) is 4.90 Å². The molecule has 2 unspecified atom stereocenters. The Morgan fingerprint density at radius 3 is 2.50 bits per heavy atom. The maximum absolute atomic E-state index is 12.0. The predicted molar refractivity (Wildman–Crippen MR) is 67.0 cm³/mol. The average molecular weight is 254 g/mol. The Morgan fingerprint density at radius 1 is 1.39 bits per heavy atom. The molecule has 1 aliphatic carbocycles. The van der Waals surface area contributed by atoms with Gasteiger partial charge in [-0.15, -0.1) is 0 Å². The van der Waals surface area contributed by atoms with Crippen LogP contribution in [0.5, 0.6) is 0 Å². The number of ether oxygens (including phenoxy) is 1. The van der Waals surface area contributed by atoms with Gasteiger partial charge in [0.15, 0.2) is 5.78 Å². The first-order valence-electron chi connectivity index (χ1n) is 6.49. The number of carbonyl (C=O) groups excluding carboxylic acids is 2. The van der Waals surface area contributed by atoms with Gasteiger partial charge in [0.25, 0.3) is 0 Å². The van der Waals surface area contributed by atoms with Gasteiger partial charge >= 0.3 is 6.09 Å². The summed E-state index contributed by atoms with van der Waals surface area (Å²) in [6.07, 6.45) is 0.595. The molecule has 5 heteroatoms. The molecule has 2 heterocycles. The molecule has 3 fully saturated rings. The molecule has 0 aromatic rings. The molecule has 2 bridgehead atoms. The van der Waals surface area contributed by atoms with Crippen LogP contribution >= 0.6 is 0 Å². The first kappa shape index (κ1) is 13.3. The Balaban J connectivity index is 2.00. The molecule has 2 N–H and O–H groups in total. The summed E-state index contributed by atoms with van der Waals surface area (Å²) in [5.41, 5.74) is 5.14. The standard InChI is InChI=1S/C13H22N2O3/c1-7(14)11(16)10-8-5-9(10)15(6-8)12(17)18-13(2,3)4/h7-10H,5-6,14H2,1-4H3/t7?,8-,9-,10?/m0/s1. The number of hydrogen-bond donors (Lipinski definition) is 1. The number of nitrogens with zero attached hydrogens (tertiary/aromatic N) is 1. The zero-order valence-corrected chi connectivity index (χ0v) is 11.5. The highest BCUT2D eigenvalue weighted by Crippen LogP contribution is 2.47. The second-order valence-electron chi connectivity index (χ2n) is 6.41. The lowest BCUT2D eigenvalue weighted by atomic mass is 9.70. The summed E-state index contributed by atoms with van der Waals surface area (Å²) in [6, 6.07) is -0.442. The number of rotatable bonds is 2. The monoisotopic (exact) mass is 254 g/mol. The van der Waals surface area contributed by atoms with Crippen molar-refractivity contribution in [2.24, 2.45) is 17.6 Å². The van der Waals surface area contributed by atoms with Gasteiger partial charge in [0.05, 0.1) is 6.04 Å². The zero-order chi connectivity index (χ0) is 13.7. The summed E-state index contributed by atoms with van der Waals surface area (Å²) >= 11 is 0. The molecule has 0 radical (unpaired) electrons. The summed E-state index contributed by atoms with van der Waals surface area (Å²) < 4.78 is 5.35. The second kappa shape index (κ2) is 4.23. The molecule has 18 heavy (non-hydrogen) atoms. The summed E-state index contributed by atoms with van der Waals surface area (Å²) in [7, 11) is 0. The van der Waals surface area contributed by atoms with Gasteiger partial charge in [-0.1, -0.05) is 0 Å². The highest BCUT2D eigenvalue weighted by molar-refractivity contribution is 5.89. The van der Waals surface area contributed by atoms with Gasteiger partial charge < -0.3 is 15.4 Å². The molecule has 2 saturated heterocycles. The molecule has 3 rings (SSSR count). The van der Waals surface area contributed by atoms with Crippen LogP contribution in [0.25, 0.3) is 0 Å². The third kappa shape index (κ3) is 2.23. The fourth-order valence-corrected chi connectivity index (χ4v) is 2.87. The SMILES string of the molecule is CC(N)C(=O)C1[C@H]2C[C@@H]1N(C(=O)OC(C)(C)C)C2. The van der Waals surface area contributed by atoms with Crippen LogP contribution < -0.4 is 5.73 Å². The van der Waals surface area contributed by atoms with Crippen LogP contribution in [0.4, 0.5) is 4.79 Å². The average Bonchev–Trinajstić information content (AvgIpc) is 2.71. The molecular formula is C13H22N2O3. The third-order valence-electron chi connectivity index (χ3n) is 3.70. The number of carbonyl (C=O) groups is 2. The van der Waals surface area contributed by atoms with Crippen LogP contribution in [0.2, 0.25) is 0 Å². The summed E-state index contributed by atoms with van der Waals surface area (Å²) in [5, 5.41) is 0.